The van der Waals surface area contributed by atoms with Crippen LogP contribution in [0.15, 0.2) is 63.0 Å². The molecule has 2 heterocycles. The number of methoxy groups -OCH3 is 1. The summed E-state index contributed by atoms with van der Waals surface area (Å²) >= 11 is 6.25. The fourth-order valence-electron chi connectivity index (χ4n) is 3.38. The van der Waals surface area contributed by atoms with Crippen LogP contribution in [0.1, 0.15) is 11.1 Å². The van der Waals surface area contributed by atoms with Gasteiger partial charge in [-0.05, 0) is 35.9 Å². The minimum atomic E-state index is -1.67. The van der Waals surface area contributed by atoms with E-state index in [1.54, 1.807) is 6.07 Å². The molecule has 4 rings (SSSR count). The van der Waals surface area contributed by atoms with Crippen molar-refractivity contribution in [3.05, 3.63) is 114 Å². The van der Waals surface area contributed by atoms with E-state index in [1.165, 1.54) is 37.6 Å². The molecule has 0 saturated heterocycles. The lowest BCUT2D eigenvalue weighted by atomic mass is 10.2. The van der Waals surface area contributed by atoms with Crippen molar-refractivity contribution in [2.75, 3.05) is 12.4 Å². The smallest absolute Gasteiger partial charge is 0.355 e. The van der Waals surface area contributed by atoms with Crippen LogP contribution in [0.2, 0.25) is 5.02 Å². The van der Waals surface area contributed by atoms with Crippen molar-refractivity contribution < 1.29 is 17.9 Å². The van der Waals surface area contributed by atoms with E-state index in [4.69, 9.17) is 16.3 Å². The number of aromatic nitrogens is 4. The molecule has 0 amide bonds. The highest BCUT2D eigenvalue weighted by Gasteiger charge is 2.18. The highest BCUT2D eigenvalue weighted by Crippen LogP contribution is 2.28. The zero-order valence-electron chi connectivity index (χ0n) is 18.5. The normalized spacial score (nSPS) is 10.9. The van der Waals surface area contributed by atoms with Crippen molar-refractivity contribution in [1.29, 1.82) is 0 Å². The number of aromatic amines is 1. The van der Waals surface area contributed by atoms with Crippen molar-refractivity contribution in [1.82, 2.24) is 19.1 Å². The van der Waals surface area contributed by atoms with E-state index in [1.807, 2.05) is 0 Å². The van der Waals surface area contributed by atoms with Gasteiger partial charge in [0, 0.05) is 17.8 Å². The summed E-state index contributed by atoms with van der Waals surface area (Å²) in [5, 5.41) is 2.92. The molecule has 0 saturated carbocycles. The van der Waals surface area contributed by atoms with Crippen molar-refractivity contribution >= 4 is 23.2 Å². The van der Waals surface area contributed by atoms with Gasteiger partial charge in [-0.3, -0.25) is 9.36 Å². The molecule has 0 bridgehead atoms. The Bertz CT molecular complexity index is 1610. The summed E-state index contributed by atoms with van der Waals surface area (Å²) in [6, 6.07) is 8.90. The number of hydrogen-bond acceptors (Lipinski definition) is 6. The summed E-state index contributed by atoms with van der Waals surface area (Å²) in [5.74, 6) is -4.44. The van der Waals surface area contributed by atoms with Crippen LogP contribution < -0.4 is 27.0 Å². The summed E-state index contributed by atoms with van der Waals surface area (Å²) in [6.07, 6.45) is 1.38. The van der Waals surface area contributed by atoms with Crippen LogP contribution >= 0.6 is 11.6 Å². The molecule has 2 aromatic carbocycles. The van der Waals surface area contributed by atoms with Crippen LogP contribution in [-0.2, 0) is 13.1 Å². The summed E-state index contributed by atoms with van der Waals surface area (Å²) < 4.78 is 47.8. The van der Waals surface area contributed by atoms with Gasteiger partial charge >= 0.3 is 11.4 Å². The third kappa shape index (κ3) is 5.03. The van der Waals surface area contributed by atoms with Gasteiger partial charge in [-0.1, -0.05) is 17.7 Å². The fourth-order valence-corrected chi connectivity index (χ4v) is 3.60. The van der Waals surface area contributed by atoms with E-state index in [9.17, 15) is 27.6 Å². The largest absolute Gasteiger partial charge is 0.497 e. The molecule has 2 N–H and O–H groups in total. The van der Waals surface area contributed by atoms with E-state index < -0.39 is 47.5 Å². The molecule has 2 aromatic heterocycles. The Morgan fingerprint density at radius 2 is 1.75 bits per heavy atom. The molecule has 0 radical (unpaired) electrons. The number of H-pyrrole nitrogens is 1. The molecule has 9 nitrogen and oxygen atoms in total. The van der Waals surface area contributed by atoms with E-state index >= 15 is 0 Å². The highest BCUT2D eigenvalue weighted by molar-refractivity contribution is 6.33. The Morgan fingerprint density at radius 3 is 2.39 bits per heavy atom. The zero-order valence-corrected chi connectivity index (χ0v) is 19.3. The SMILES string of the molecule is COc1ccc(Nc2nc(=O)n(Cc3ccc[nH]c3=O)c(=O)n2Cc2cc(F)c(F)c(F)c2)c(Cl)c1. The lowest BCUT2D eigenvalue weighted by Gasteiger charge is -2.16. The molecule has 0 aliphatic carbocycles. The first-order valence-corrected chi connectivity index (χ1v) is 10.7. The van der Waals surface area contributed by atoms with Gasteiger partial charge in [0.25, 0.3) is 5.56 Å². The van der Waals surface area contributed by atoms with Gasteiger partial charge in [-0.15, -0.1) is 0 Å². The van der Waals surface area contributed by atoms with Gasteiger partial charge in [-0.2, -0.15) is 4.98 Å². The van der Waals surface area contributed by atoms with Gasteiger partial charge in [-0.25, -0.2) is 27.3 Å². The number of pyridine rings is 1. The van der Waals surface area contributed by atoms with Crippen LogP contribution in [0.25, 0.3) is 0 Å². The standard InChI is InChI=1S/C23H17ClF3N5O4/c1-36-14-4-5-18(15(24)9-14)29-21-30-22(34)32(11-13-3-2-6-28-20(13)33)23(35)31(21)10-12-7-16(25)19(27)17(26)8-12/h2-9H,10-11H2,1H3,(H,28,33)(H,29,30,34). The van der Waals surface area contributed by atoms with Crippen LogP contribution in [0, 0.1) is 17.5 Å². The van der Waals surface area contributed by atoms with Crippen LogP contribution in [0.3, 0.4) is 0 Å². The molecule has 0 aliphatic rings. The molecular weight excluding hydrogens is 503 g/mol. The van der Waals surface area contributed by atoms with E-state index in [0.29, 0.717) is 22.4 Å². The van der Waals surface area contributed by atoms with Gasteiger partial charge < -0.3 is 15.0 Å². The lowest BCUT2D eigenvalue weighted by molar-refractivity contribution is 0.415. The predicted molar refractivity (Wildman–Crippen MR) is 126 cm³/mol. The third-order valence-corrected chi connectivity index (χ3v) is 5.50. The van der Waals surface area contributed by atoms with E-state index in [2.05, 4.69) is 15.3 Å². The molecule has 0 spiro atoms. The minimum Gasteiger partial charge on any atom is -0.497 e. The van der Waals surface area contributed by atoms with Crippen molar-refractivity contribution in [2.24, 2.45) is 0 Å². The Kier molecular flexibility index (Phi) is 6.97. The molecule has 13 heteroatoms. The number of hydrogen-bond donors (Lipinski definition) is 2. The number of halogens is 4. The molecule has 186 valence electrons. The second-order valence-corrected chi connectivity index (χ2v) is 7.95. The quantitative estimate of drug-likeness (QED) is 0.363. The predicted octanol–water partition coefficient (Wildman–Crippen LogP) is 3.01. The maximum absolute atomic E-state index is 13.8. The molecule has 4 aromatic rings. The average Bonchev–Trinajstić information content (AvgIpc) is 2.84. The summed E-state index contributed by atoms with van der Waals surface area (Å²) in [5.41, 5.74) is -2.25. The number of rotatable bonds is 7. The van der Waals surface area contributed by atoms with Gasteiger partial charge in [0.15, 0.2) is 17.5 Å². The van der Waals surface area contributed by atoms with Gasteiger partial charge in [0.1, 0.15) is 5.75 Å². The molecular formula is C23H17ClF3N5O4. The molecule has 0 aliphatic heterocycles. The maximum atomic E-state index is 13.8. The van der Waals surface area contributed by atoms with E-state index in [0.717, 1.165) is 4.57 Å². The lowest BCUT2D eigenvalue weighted by Crippen LogP contribution is -2.43. The molecule has 0 atom stereocenters. The Hall–Kier alpha value is -4.32. The average molecular weight is 520 g/mol. The second kappa shape index (κ2) is 10.1. The molecule has 36 heavy (non-hydrogen) atoms. The topological polar surface area (TPSA) is 111 Å². The first-order chi connectivity index (χ1) is 17.2. The van der Waals surface area contributed by atoms with Gasteiger partial charge in [0.05, 0.1) is 30.9 Å². The first kappa shape index (κ1) is 24.8. The number of benzene rings is 2. The summed E-state index contributed by atoms with van der Waals surface area (Å²) in [4.78, 5) is 44.5. The summed E-state index contributed by atoms with van der Waals surface area (Å²) in [7, 11) is 1.44. The fraction of sp³-hybridized carbons (Fsp3) is 0.130. The van der Waals surface area contributed by atoms with Crippen LogP contribution in [0.4, 0.5) is 24.8 Å². The minimum absolute atomic E-state index is 0.0998. The summed E-state index contributed by atoms with van der Waals surface area (Å²) in [6.45, 7) is -0.919. The monoisotopic (exact) mass is 519 g/mol. The van der Waals surface area contributed by atoms with Crippen LogP contribution in [0.5, 0.6) is 5.75 Å². The first-order valence-electron chi connectivity index (χ1n) is 10.3. The molecule has 0 fully saturated rings. The maximum Gasteiger partial charge on any atom is 0.355 e. The van der Waals surface area contributed by atoms with E-state index in [-0.39, 0.29) is 27.8 Å². The Labute approximate surface area is 205 Å². The van der Waals surface area contributed by atoms with Crippen LogP contribution in [-0.4, -0.2) is 26.2 Å². The van der Waals surface area contributed by atoms with Crippen molar-refractivity contribution in [3.8, 4) is 5.75 Å². The number of nitrogens with zero attached hydrogens (tertiary/aromatic N) is 3. The Balaban J connectivity index is 1.85. The number of anilines is 2. The molecule has 0 unspecified atom stereocenters. The Morgan fingerprint density at radius 1 is 1.03 bits per heavy atom. The zero-order chi connectivity index (χ0) is 26.0. The highest BCUT2D eigenvalue weighted by atomic mass is 35.5. The van der Waals surface area contributed by atoms with Gasteiger partial charge in [0.2, 0.25) is 5.95 Å². The number of ether oxygens (including phenoxy) is 1. The second-order valence-electron chi connectivity index (χ2n) is 7.54. The third-order valence-electron chi connectivity index (χ3n) is 5.19. The number of nitrogens with one attached hydrogen (secondary N) is 2. The van der Waals surface area contributed by atoms with Crippen molar-refractivity contribution in [3.63, 3.8) is 0 Å². The van der Waals surface area contributed by atoms with Crippen molar-refractivity contribution in [2.45, 2.75) is 13.1 Å².